The summed E-state index contributed by atoms with van der Waals surface area (Å²) in [6, 6.07) is 2.50. The number of rotatable bonds is 3. The Hall–Kier alpha value is -1.69. The standard InChI is InChI=1S/C15H24N6/c1-10-16-14(20-17-10)12-6-5-7-21(12)9-11-8-13(19-18-11)15(2,3)4/h8,12H,5-7,9H2,1-4H3,(H,18,19)(H,16,17,20)/t12-/m0/s1. The summed E-state index contributed by atoms with van der Waals surface area (Å²) in [7, 11) is 0. The molecule has 2 aromatic rings. The Labute approximate surface area is 125 Å². The zero-order chi connectivity index (χ0) is 15.0. The first kappa shape index (κ1) is 14.3. The average molecular weight is 288 g/mol. The number of nitrogens with zero attached hydrogens (tertiary/aromatic N) is 4. The molecule has 1 atom stereocenters. The van der Waals surface area contributed by atoms with Crippen molar-refractivity contribution < 1.29 is 0 Å². The van der Waals surface area contributed by atoms with E-state index in [1.165, 1.54) is 12.1 Å². The van der Waals surface area contributed by atoms with Crippen LogP contribution in [0.1, 0.15) is 62.7 Å². The van der Waals surface area contributed by atoms with Crippen molar-refractivity contribution in [2.24, 2.45) is 0 Å². The molecule has 1 aliphatic rings. The van der Waals surface area contributed by atoms with Crippen molar-refractivity contribution in [1.82, 2.24) is 30.3 Å². The predicted molar refractivity (Wildman–Crippen MR) is 80.8 cm³/mol. The first-order chi connectivity index (χ1) is 9.93. The first-order valence-corrected chi connectivity index (χ1v) is 7.61. The lowest BCUT2D eigenvalue weighted by molar-refractivity contribution is 0.237. The zero-order valence-corrected chi connectivity index (χ0v) is 13.3. The molecule has 0 bridgehead atoms. The van der Waals surface area contributed by atoms with Gasteiger partial charge in [-0.2, -0.15) is 10.2 Å². The van der Waals surface area contributed by atoms with Crippen LogP contribution in [0.25, 0.3) is 0 Å². The van der Waals surface area contributed by atoms with E-state index in [0.29, 0.717) is 6.04 Å². The van der Waals surface area contributed by atoms with E-state index in [0.717, 1.165) is 36.9 Å². The molecule has 0 spiro atoms. The van der Waals surface area contributed by atoms with Crippen molar-refractivity contribution >= 4 is 0 Å². The second-order valence-electron chi connectivity index (χ2n) is 6.94. The van der Waals surface area contributed by atoms with Gasteiger partial charge in [0.1, 0.15) is 5.82 Å². The summed E-state index contributed by atoms with van der Waals surface area (Å²) in [6.45, 7) is 10.5. The Morgan fingerprint density at radius 2 is 2.10 bits per heavy atom. The molecule has 2 N–H and O–H groups in total. The van der Waals surface area contributed by atoms with E-state index in [-0.39, 0.29) is 5.41 Å². The van der Waals surface area contributed by atoms with Crippen LogP contribution in [0.3, 0.4) is 0 Å². The molecule has 0 aliphatic carbocycles. The first-order valence-electron chi connectivity index (χ1n) is 7.61. The topological polar surface area (TPSA) is 73.5 Å². The van der Waals surface area contributed by atoms with Gasteiger partial charge in [0, 0.05) is 17.7 Å². The van der Waals surface area contributed by atoms with Crippen LogP contribution in [0.4, 0.5) is 0 Å². The maximum atomic E-state index is 4.49. The molecule has 1 aliphatic heterocycles. The number of H-pyrrole nitrogens is 2. The third-order valence-corrected chi connectivity index (χ3v) is 4.05. The van der Waals surface area contributed by atoms with Crippen LogP contribution in [0.15, 0.2) is 6.07 Å². The van der Waals surface area contributed by atoms with Gasteiger partial charge in [0.05, 0.1) is 11.7 Å². The molecule has 114 valence electrons. The van der Waals surface area contributed by atoms with E-state index in [9.17, 15) is 0 Å². The zero-order valence-electron chi connectivity index (χ0n) is 13.3. The van der Waals surface area contributed by atoms with Crippen molar-refractivity contribution in [3.05, 3.63) is 29.1 Å². The molecule has 0 radical (unpaired) electrons. The third kappa shape index (κ3) is 3.00. The number of hydrogen-bond acceptors (Lipinski definition) is 4. The summed E-state index contributed by atoms with van der Waals surface area (Å²) in [5, 5.41) is 14.9. The second-order valence-corrected chi connectivity index (χ2v) is 6.94. The summed E-state index contributed by atoms with van der Waals surface area (Å²) >= 11 is 0. The van der Waals surface area contributed by atoms with Gasteiger partial charge in [0.15, 0.2) is 5.82 Å². The normalized spacial score (nSPS) is 20.3. The van der Waals surface area contributed by atoms with E-state index < -0.39 is 0 Å². The Kier molecular flexibility index (Phi) is 3.57. The molecule has 0 unspecified atom stereocenters. The molecule has 0 saturated carbocycles. The molecule has 6 heteroatoms. The molecule has 1 saturated heterocycles. The number of nitrogens with one attached hydrogen (secondary N) is 2. The Morgan fingerprint density at radius 1 is 1.29 bits per heavy atom. The number of aryl methyl sites for hydroxylation is 1. The lowest BCUT2D eigenvalue weighted by Crippen LogP contribution is -2.23. The summed E-state index contributed by atoms with van der Waals surface area (Å²) < 4.78 is 0. The van der Waals surface area contributed by atoms with Crippen molar-refractivity contribution in [3.8, 4) is 0 Å². The van der Waals surface area contributed by atoms with Gasteiger partial charge < -0.3 is 0 Å². The molecular formula is C15H24N6. The fourth-order valence-corrected chi connectivity index (χ4v) is 2.86. The molecule has 2 aromatic heterocycles. The van der Waals surface area contributed by atoms with Crippen molar-refractivity contribution in [2.45, 2.75) is 58.5 Å². The highest BCUT2D eigenvalue weighted by molar-refractivity contribution is 5.16. The Bertz CT molecular complexity index is 606. The molecule has 21 heavy (non-hydrogen) atoms. The summed E-state index contributed by atoms with van der Waals surface area (Å²) in [5.41, 5.74) is 2.36. The highest BCUT2D eigenvalue weighted by atomic mass is 15.3. The van der Waals surface area contributed by atoms with E-state index in [1.54, 1.807) is 0 Å². The van der Waals surface area contributed by atoms with Gasteiger partial charge in [-0.15, -0.1) is 0 Å². The maximum absolute atomic E-state index is 4.49. The van der Waals surface area contributed by atoms with Crippen LogP contribution in [0.5, 0.6) is 0 Å². The van der Waals surface area contributed by atoms with Gasteiger partial charge in [-0.1, -0.05) is 20.8 Å². The minimum absolute atomic E-state index is 0.0834. The quantitative estimate of drug-likeness (QED) is 0.910. The third-order valence-electron chi connectivity index (χ3n) is 4.05. The van der Waals surface area contributed by atoms with Gasteiger partial charge in [-0.05, 0) is 32.4 Å². The number of aromatic nitrogens is 5. The molecule has 0 amide bonds. The molecule has 6 nitrogen and oxygen atoms in total. The van der Waals surface area contributed by atoms with E-state index in [2.05, 4.69) is 57.1 Å². The van der Waals surface area contributed by atoms with E-state index in [1.807, 2.05) is 6.92 Å². The van der Waals surface area contributed by atoms with Gasteiger partial charge >= 0.3 is 0 Å². The Balaban J connectivity index is 1.73. The molecular weight excluding hydrogens is 264 g/mol. The second kappa shape index (κ2) is 5.26. The molecule has 3 rings (SSSR count). The minimum atomic E-state index is 0.0834. The molecule has 0 aromatic carbocycles. The Morgan fingerprint density at radius 3 is 2.71 bits per heavy atom. The fourth-order valence-electron chi connectivity index (χ4n) is 2.86. The van der Waals surface area contributed by atoms with Crippen LogP contribution in [-0.4, -0.2) is 36.8 Å². The number of likely N-dealkylation sites (tertiary alicyclic amines) is 1. The summed E-state index contributed by atoms with van der Waals surface area (Å²) in [4.78, 5) is 6.93. The van der Waals surface area contributed by atoms with Gasteiger partial charge in [0.25, 0.3) is 0 Å². The summed E-state index contributed by atoms with van der Waals surface area (Å²) in [6.07, 6.45) is 2.32. The lowest BCUT2D eigenvalue weighted by Gasteiger charge is -2.21. The van der Waals surface area contributed by atoms with Crippen molar-refractivity contribution in [3.63, 3.8) is 0 Å². The highest BCUT2D eigenvalue weighted by Gasteiger charge is 2.29. The largest absolute Gasteiger partial charge is 0.287 e. The van der Waals surface area contributed by atoms with Crippen LogP contribution in [-0.2, 0) is 12.0 Å². The fraction of sp³-hybridized carbons (Fsp3) is 0.667. The molecule has 3 heterocycles. The van der Waals surface area contributed by atoms with Crippen LogP contribution in [0, 0.1) is 6.92 Å². The van der Waals surface area contributed by atoms with Gasteiger partial charge in [-0.25, -0.2) is 4.98 Å². The molecule has 1 fully saturated rings. The monoisotopic (exact) mass is 288 g/mol. The van der Waals surface area contributed by atoms with Crippen molar-refractivity contribution in [1.29, 1.82) is 0 Å². The minimum Gasteiger partial charge on any atom is -0.287 e. The summed E-state index contributed by atoms with van der Waals surface area (Å²) in [5.74, 6) is 1.80. The van der Waals surface area contributed by atoms with Gasteiger partial charge in [0.2, 0.25) is 0 Å². The van der Waals surface area contributed by atoms with Gasteiger partial charge in [-0.3, -0.25) is 15.1 Å². The SMILES string of the molecule is Cc1nc([C@@H]2CCCN2Cc2cc(C(C)(C)C)n[nH]2)n[nH]1. The number of aromatic amines is 2. The van der Waals surface area contributed by atoms with Crippen LogP contribution < -0.4 is 0 Å². The number of hydrogen-bond donors (Lipinski definition) is 2. The highest BCUT2D eigenvalue weighted by Crippen LogP contribution is 2.31. The predicted octanol–water partition coefficient (Wildman–Crippen LogP) is 2.47. The van der Waals surface area contributed by atoms with Crippen LogP contribution in [0.2, 0.25) is 0 Å². The van der Waals surface area contributed by atoms with E-state index >= 15 is 0 Å². The van der Waals surface area contributed by atoms with Crippen molar-refractivity contribution in [2.75, 3.05) is 6.54 Å². The van der Waals surface area contributed by atoms with E-state index in [4.69, 9.17) is 0 Å². The lowest BCUT2D eigenvalue weighted by atomic mass is 9.92. The average Bonchev–Trinajstić information content (AvgIpc) is 3.08. The van der Waals surface area contributed by atoms with Crippen LogP contribution >= 0.6 is 0 Å². The maximum Gasteiger partial charge on any atom is 0.167 e. The smallest absolute Gasteiger partial charge is 0.167 e.